The fraction of sp³-hybridized carbons (Fsp3) is 0.733. The zero-order valence-electron chi connectivity index (χ0n) is 12.8. The van der Waals surface area contributed by atoms with E-state index in [9.17, 15) is 0 Å². The average molecular weight is 262 g/mol. The van der Waals surface area contributed by atoms with E-state index in [2.05, 4.69) is 44.5 Å². The number of anilines is 2. The zero-order chi connectivity index (χ0) is 14.2. The van der Waals surface area contributed by atoms with Crippen LogP contribution in [0.15, 0.2) is 6.07 Å². The quantitative estimate of drug-likeness (QED) is 0.890. The Hall–Kier alpha value is -1.32. The molecule has 106 valence electrons. The maximum Gasteiger partial charge on any atom is 0.138 e. The summed E-state index contributed by atoms with van der Waals surface area (Å²) in [7, 11) is 0. The highest BCUT2D eigenvalue weighted by molar-refractivity contribution is 5.48. The van der Waals surface area contributed by atoms with Crippen molar-refractivity contribution in [3.8, 4) is 0 Å². The van der Waals surface area contributed by atoms with Gasteiger partial charge < -0.3 is 10.6 Å². The van der Waals surface area contributed by atoms with E-state index in [1.807, 2.05) is 6.07 Å². The maximum atomic E-state index is 5.94. The molecule has 0 saturated carbocycles. The van der Waals surface area contributed by atoms with Gasteiger partial charge in [0.25, 0.3) is 0 Å². The molecule has 2 heterocycles. The van der Waals surface area contributed by atoms with Crippen LogP contribution in [0.25, 0.3) is 0 Å². The molecular formula is C15H26N4. The van der Waals surface area contributed by atoms with Crippen LogP contribution in [0.2, 0.25) is 0 Å². The minimum atomic E-state index is -0.0682. The summed E-state index contributed by atoms with van der Waals surface area (Å²) < 4.78 is 0. The maximum absolute atomic E-state index is 5.94. The standard InChI is InChI=1S/C15H26N4/c1-10(2)11-6-7-19(9-11)13-8-12(16)17-14(18-13)15(3,4)5/h8,10-11H,6-7,9H2,1-5H3,(H2,16,17,18). The van der Waals surface area contributed by atoms with Crippen LogP contribution in [0.1, 0.15) is 46.9 Å². The lowest BCUT2D eigenvalue weighted by molar-refractivity contribution is 0.422. The van der Waals surface area contributed by atoms with E-state index >= 15 is 0 Å². The summed E-state index contributed by atoms with van der Waals surface area (Å²) in [4.78, 5) is 11.4. The molecule has 1 unspecified atom stereocenters. The molecule has 0 aliphatic carbocycles. The van der Waals surface area contributed by atoms with Gasteiger partial charge in [-0.25, -0.2) is 9.97 Å². The molecule has 0 amide bonds. The van der Waals surface area contributed by atoms with Crippen LogP contribution in [0.3, 0.4) is 0 Å². The van der Waals surface area contributed by atoms with E-state index in [-0.39, 0.29) is 5.41 Å². The lowest BCUT2D eigenvalue weighted by atomic mass is 9.95. The third-order valence-electron chi connectivity index (χ3n) is 3.89. The molecule has 4 nitrogen and oxygen atoms in total. The van der Waals surface area contributed by atoms with E-state index < -0.39 is 0 Å². The molecule has 1 atom stereocenters. The molecule has 1 saturated heterocycles. The van der Waals surface area contributed by atoms with Gasteiger partial charge in [-0.2, -0.15) is 0 Å². The van der Waals surface area contributed by atoms with E-state index in [1.54, 1.807) is 0 Å². The average Bonchev–Trinajstić information content (AvgIpc) is 2.76. The first-order chi connectivity index (χ1) is 8.77. The third kappa shape index (κ3) is 3.17. The Balaban J connectivity index is 2.24. The largest absolute Gasteiger partial charge is 0.384 e. The molecule has 0 spiro atoms. The van der Waals surface area contributed by atoms with Gasteiger partial charge in [-0.15, -0.1) is 0 Å². The molecule has 1 aromatic rings. The summed E-state index contributed by atoms with van der Waals surface area (Å²) >= 11 is 0. The Morgan fingerprint density at radius 2 is 2.00 bits per heavy atom. The van der Waals surface area contributed by atoms with Gasteiger partial charge in [-0.3, -0.25) is 0 Å². The van der Waals surface area contributed by atoms with Gasteiger partial charge >= 0.3 is 0 Å². The normalized spacial score (nSPS) is 20.3. The molecule has 1 aliphatic rings. The third-order valence-corrected chi connectivity index (χ3v) is 3.89. The molecule has 1 fully saturated rings. The lowest BCUT2D eigenvalue weighted by Crippen LogP contribution is -2.25. The van der Waals surface area contributed by atoms with Crippen molar-refractivity contribution in [1.29, 1.82) is 0 Å². The Morgan fingerprint density at radius 1 is 1.32 bits per heavy atom. The van der Waals surface area contributed by atoms with E-state index in [0.29, 0.717) is 5.82 Å². The number of nitrogens with zero attached hydrogens (tertiary/aromatic N) is 3. The number of hydrogen-bond donors (Lipinski definition) is 1. The molecule has 2 rings (SSSR count). The number of nitrogen functional groups attached to an aromatic ring is 1. The van der Waals surface area contributed by atoms with Crippen LogP contribution in [-0.2, 0) is 5.41 Å². The molecule has 0 radical (unpaired) electrons. The predicted molar refractivity (Wildman–Crippen MR) is 80.3 cm³/mol. The van der Waals surface area contributed by atoms with E-state index in [0.717, 1.165) is 36.6 Å². The van der Waals surface area contributed by atoms with Gasteiger partial charge in [-0.05, 0) is 18.3 Å². The van der Waals surface area contributed by atoms with Crippen molar-refractivity contribution in [3.63, 3.8) is 0 Å². The van der Waals surface area contributed by atoms with Crippen LogP contribution in [0.4, 0.5) is 11.6 Å². The summed E-state index contributed by atoms with van der Waals surface area (Å²) in [6.45, 7) is 13.1. The molecule has 19 heavy (non-hydrogen) atoms. The first-order valence-electron chi connectivity index (χ1n) is 7.17. The van der Waals surface area contributed by atoms with Crippen molar-refractivity contribution in [3.05, 3.63) is 11.9 Å². The highest BCUT2D eigenvalue weighted by atomic mass is 15.2. The summed E-state index contributed by atoms with van der Waals surface area (Å²) in [5.74, 6) is 3.87. The van der Waals surface area contributed by atoms with Crippen molar-refractivity contribution < 1.29 is 0 Å². The Kier molecular flexibility index (Phi) is 3.70. The summed E-state index contributed by atoms with van der Waals surface area (Å²) in [6.07, 6.45) is 1.24. The number of rotatable bonds is 2. The zero-order valence-corrected chi connectivity index (χ0v) is 12.8. The number of hydrogen-bond acceptors (Lipinski definition) is 4. The smallest absolute Gasteiger partial charge is 0.138 e. The molecule has 1 aliphatic heterocycles. The fourth-order valence-electron chi connectivity index (χ4n) is 2.49. The van der Waals surface area contributed by atoms with Crippen molar-refractivity contribution in [1.82, 2.24) is 9.97 Å². The predicted octanol–water partition coefficient (Wildman–Crippen LogP) is 2.84. The molecule has 4 heteroatoms. The van der Waals surface area contributed by atoms with Gasteiger partial charge in [0.2, 0.25) is 0 Å². The Bertz CT molecular complexity index is 448. The number of aromatic nitrogens is 2. The molecule has 0 aromatic carbocycles. The van der Waals surface area contributed by atoms with Gasteiger partial charge in [0, 0.05) is 24.6 Å². The van der Waals surface area contributed by atoms with Crippen molar-refractivity contribution in [2.45, 2.75) is 46.5 Å². The highest BCUT2D eigenvalue weighted by Crippen LogP contribution is 2.29. The first kappa shape index (κ1) is 14.1. The topological polar surface area (TPSA) is 55.0 Å². The second-order valence-electron chi connectivity index (χ2n) is 6.96. The molecule has 2 N–H and O–H groups in total. The van der Waals surface area contributed by atoms with Crippen molar-refractivity contribution in [2.75, 3.05) is 23.7 Å². The SMILES string of the molecule is CC(C)C1CCN(c2cc(N)nc(C(C)(C)C)n2)C1. The Morgan fingerprint density at radius 3 is 2.53 bits per heavy atom. The highest BCUT2D eigenvalue weighted by Gasteiger charge is 2.27. The van der Waals surface area contributed by atoms with Crippen LogP contribution in [0.5, 0.6) is 0 Å². The van der Waals surface area contributed by atoms with Gasteiger partial charge in [0.15, 0.2) is 0 Å². The minimum absolute atomic E-state index is 0.0682. The minimum Gasteiger partial charge on any atom is -0.384 e. The van der Waals surface area contributed by atoms with Crippen LogP contribution < -0.4 is 10.6 Å². The van der Waals surface area contributed by atoms with Gasteiger partial charge in [0.05, 0.1) is 0 Å². The van der Waals surface area contributed by atoms with E-state index in [1.165, 1.54) is 6.42 Å². The first-order valence-corrected chi connectivity index (χ1v) is 7.17. The fourth-order valence-corrected chi connectivity index (χ4v) is 2.49. The van der Waals surface area contributed by atoms with Gasteiger partial charge in [0.1, 0.15) is 17.5 Å². The summed E-state index contributed by atoms with van der Waals surface area (Å²) in [5, 5.41) is 0. The van der Waals surface area contributed by atoms with Crippen molar-refractivity contribution in [2.24, 2.45) is 11.8 Å². The van der Waals surface area contributed by atoms with Crippen molar-refractivity contribution >= 4 is 11.6 Å². The second-order valence-corrected chi connectivity index (χ2v) is 6.96. The Labute approximate surface area is 116 Å². The van der Waals surface area contributed by atoms with Crippen LogP contribution >= 0.6 is 0 Å². The molecular weight excluding hydrogens is 236 g/mol. The lowest BCUT2D eigenvalue weighted by Gasteiger charge is -2.23. The van der Waals surface area contributed by atoms with Crippen LogP contribution in [-0.4, -0.2) is 23.1 Å². The van der Waals surface area contributed by atoms with E-state index in [4.69, 9.17) is 10.7 Å². The monoisotopic (exact) mass is 262 g/mol. The summed E-state index contributed by atoms with van der Waals surface area (Å²) in [6, 6.07) is 1.90. The summed E-state index contributed by atoms with van der Waals surface area (Å²) in [5.41, 5.74) is 5.87. The second kappa shape index (κ2) is 4.99. The van der Waals surface area contributed by atoms with Gasteiger partial charge in [-0.1, -0.05) is 34.6 Å². The number of nitrogens with two attached hydrogens (primary N) is 1. The van der Waals surface area contributed by atoms with Crippen LogP contribution in [0, 0.1) is 11.8 Å². The molecule has 0 bridgehead atoms. The molecule has 1 aromatic heterocycles.